The van der Waals surface area contributed by atoms with Crippen molar-refractivity contribution in [2.24, 2.45) is 0 Å². The second kappa shape index (κ2) is 4.11. The Labute approximate surface area is 76.6 Å². The van der Waals surface area contributed by atoms with Crippen molar-refractivity contribution in [1.82, 2.24) is 4.90 Å². The lowest BCUT2D eigenvalue weighted by Crippen LogP contribution is -2.35. The minimum absolute atomic E-state index is 0.151. The zero-order valence-corrected chi connectivity index (χ0v) is 7.78. The van der Waals surface area contributed by atoms with Crippen LogP contribution >= 0.6 is 0 Å². The molecule has 1 saturated heterocycles. The Morgan fingerprint density at radius 1 is 1.77 bits per heavy atom. The Bertz CT molecular complexity index is 216. The van der Waals surface area contributed by atoms with Gasteiger partial charge in [0, 0.05) is 6.04 Å². The fourth-order valence-electron chi connectivity index (χ4n) is 1.24. The lowest BCUT2D eigenvalue weighted by atomic mass is 10.2. The van der Waals surface area contributed by atoms with E-state index in [1.165, 1.54) is 12.0 Å². The van der Waals surface area contributed by atoms with E-state index in [-0.39, 0.29) is 24.5 Å². The SMILES string of the molecule is COC(=O)CC(C)N1CCOC1=O. The first-order chi connectivity index (χ1) is 6.15. The van der Waals surface area contributed by atoms with Crippen molar-refractivity contribution in [3.63, 3.8) is 0 Å². The van der Waals surface area contributed by atoms with E-state index in [4.69, 9.17) is 4.74 Å². The van der Waals surface area contributed by atoms with Crippen LogP contribution in [0.4, 0.5) is 4.79 Å². The van der Waals surface area contributed by atoms with Crippen LogP contribution in [0, 0.1) is 0 Å². The molecule has 1 unspecified atom stereocenters. The van der Waals surface area contributed by atoms with Crippen LogP contribution in [0.2, 0.25) is 0 Å². The van der Waals surface area contributed by atoms with Crippen LogP contribution in [0.25, 0.3) is 0 Å². The topological polar surface area (TPSA) is 55.8 Å². The van der Waals surface area contributed by atoms with Gasteiger partial charge >= 0.3 is 12.1 Å². The third kappa shape index (κ3) is 2.34. The summed E-state index contributed by atoms with van der Waals surface area (Å²) in [6, 6.07) is -0.151. The van der Waals surface area contributed by atoms with Crippen molar-refractivity contribution in [3.05, 3.63) is 0 Å². The molecule has 1 rings (SSSR count). The molecule has 1 atom stereocenters. The van der Waals surface area contributed by atoms with Crippen molar-refractivity contribution in [1.29, 1.82) is 0 Å². The molecule has 74 valence electrons. The number of ether oxygens (including phenoxy) is 2. The number of cyclic esters (lactones) is 1. The molecule has 0 radical (unpaired) electrons. The molecule has 0 aromatic carbocycles. The molecule has 0 bridgehead atoms. The second-order valence-corrected chi connectivity index (χ2v) is 2.94. The number of amides is 1. The number of nitrogens with zero attached hydrogens (tertiary/aromatic N) is 1. The standard InChI is InChI=1S/C8H13NO4/c1-6(5-7(10)12-2)9-3-4-13-8(9)11/h6H,3-5H2,1-2H3. The van der Waals surface area contributed by atoms with Gasteiger partial charge in [0.1, 0.15) is 6.61 Å². The van der Waals surface area contributed by atoms with Gasteiger partial charge in [0.25, 0.3) is 0 Å². The van der Waals surface area contributed by atoms with E-state index in [0.29, 0.717) is 13.2 Å². The van der Waals surface area contributed by atoms with Crippen molar-refractivity contribution in [2.75, 3.05) is 20.3 Å². The smallest absolute Gasteiger partial charge is 0.410 e. The van der Waals surface area contributed by atoms with Crippen molar-refractivity contribution in [3.8, 4) is 0 Å². The molecule has 0 aromatic rings. The van der Waals surface area contributed by atoms with Crippen LogP contribution in [-0.2, 0) is 14.3 Å². The molecular weight excluding hydrogens is 174 g/mol. The van der Waals surface area contributed by atoms with Gasteiger partial charge in [0.05, 0.1) is 20.1 Å². The molecule has 1 amide bonds. The molecule has 1 heterocycles. The van der Waals surface area contributed by atoms with Gasteiger partial charge in [0.2, 0.25) is 0 Å². The van der Waals surface area contributed by atoms with Gasteiger partial charge < -0.3 is 14.4 Å². The van der Waals surface area contributed by atoms with Crippen LogP contribution in [0.1, 0.15) is 13.3 Å². The largest absolute Gasteiger partial charge is 0.469 e. The molecular formula is C8H13NO4. The summed E-state index contributed by atoms with van der Waals surface area (Å²) < 4.78 is 9.23. The number of carbonyl (C=O) groups is 2. The Morgan fingerprint density at radius 2 is 2.46 bits per heavy atom. The lowest BCUT2D eigenvalue weighted by molar-refractivity contribution is -0.141. The van der Waals surface area contributed by atoms with Gasteiger partial charge in [-0.3, -0.25) is 4.79 Å². The fraction of sp³-hybridized carbons (Fsp3) is 0.750. The van der Waals surface area contributed by atoms with Crippen LogP contribution < -0.4 is 0 Å². The highest BCUT2D eigenvalue weighted by Gasteiger charge is 2.28. The van der Waals surface area contributed by atoms with E-state index in [1.807, 2.05) is 0 Å². The van der Waals surface area contributed by atoms with E-state index in [0.717, 1.165) is 0 Å². The number of rotatable bonds is 3. The minimum Gasteiger partial charge on any atom is -0.469 e. The van der Waals surface area contributed by atoms with Crippen molar-refractivity contribution >= 4 is 12.1 Å². The summed E-state index contributed by atoms with van der Waals surface area (Å²) in [5, 5.41) is 0. The van der Waals surface area contributed by atoms with E-state index >= 15 is 0 Å². The van der Waals surface area contributed by atoms with Gasteiger partial charge in [0.15, 0.2) is 0 Å². The summed E-state index contributed by atoms with van der Waals surface area (Å²) in [6.07, 6.45) is -0.137. The van der Waals surface area contributed by atoms with Gasteiger partial charge in [-0.25, -0.2) is 4.79 Å². The average Bonchev–Trinajstić information content (AvgIpc) is 2.51. The summed E-state index contributed by atoms with van der Waals surface area (Å²) >= 11 is 0. The normalized spacial score (nSPS) is 18.3. The quantitative estimate of drug-likeness (QED) is 0.600. The first-order valence-electron chi connectivity index (χ1n) is 4.15. The molecule has 5 heteroatoms. The number of hydrogen-bond acceptors (Lipinski definition) is 4. The number of carbonyl (C=O) groups excluding carboxylic acids is 2. The number of methoxy groups -OCH3 is 1. The highest BCUT2D eigenvalue weighted by Crippen LogP contribution is 2.11. The predicted molar refractivity (Wildman–Crippen MR) is 44.1 cm³/mol. The predicted octanol–water partition coefficient (Wildman–Crippen LogP) is 0.390. The molecule has 0 N–H and O–H groups in total. The van der Waals surface area contributed by atoms with E-state index in [9.17, 15) is 9.59 Å². The first-order valence-corrected chi connectivity index (χ1v) is 4.15. The van der Waals surface area contributed by atoms with E-state index in [1.54, 1.807) is 6.92 Å². The third-order valence-corrected chi connectivity index (χ3v) is 2.01. The Hall–Kier alpha value is -1.26. The molecule has 1 aliphatic rings. The van der Waals surface area contributed by atoms with Gasteiger partial charge in [-0.05, 0) is 6.92 Å². The maximum absolute atomic E-state index is 11.0. The molecule has 1 aliphatic heterocycles. The summed E-state index contributed by atoms with van der Waals surface area (Å²) in [4.78, 5) is 23.4. The first kappa shape index (κ1) is 9.83. The summed E-state index contributed by atoms with van der Waals surface area (Å²) in [5.74, 6) is -0.313. The Morgan fingerprint density at radius 3 is 2.92 bits per heavy atom. The monoisotopic (exact) mass is 187 g/mol. The molecule has 5 nitrogen and oxygen atoms in total. The lowest BCUT2D eigenvalue weighted by Gasteiger charge is -2.19. The molecule has 13 heavy (non-hydrogen) atoms. The molecule has 0 saturated carbocycles. The maximum Gasteiger partial charge on any atom is 0.410 e. The minimum atomic E-state index is -0.351. The fourth-order valence-corrected chi connectivity index (χ4v) is 1.24. The summed E-state index contributed by atoms with van der Waals surface area (Å²) in [6.45, 7) is 2.75. The number of hydrogen-bond donors (Lipinski definition) is 0. The molecule has 0 aliphatic carbocycles. The van der Waals surface area contributed by atoms with Crippen LogP contribution in [0.15, 0.2) is 0 Å². The van der Waals surface area contributed by atoms with Crippen LogP contribution in [0.3, 0.4) is 0 Å². The van der Waals surface area contributed by atoms with Gasteiger partial charge in [-0.1, -0.05) is 0 Å². The van der Waals surface area contributed by atoms with Crippen LogP contribution in [-0.4, -0.2) is 43.3 Å². The van der Waals surface area contributed by atoms with Gasteiger partial charge in [-0.15, -0.1) is 0 Å². The molecule has 0 aromatic heterocycles. The van der Waals surface area contributed by atoms with Crippen LogP contribution in [0.5, 0.6) is 0 Å². The van der Waals surface area contributed by atoms with E-state index < -0.39 is 0 Å². The van der Waals surface area contributed by atoms with Gasteiger partial charge in [-0.2, -0.15) is 0 Å². The average molecular weight is 187 g/mol. The summed E-state index contributed by atoms with van der Waals surface area (Å²) in [7, 11) is 1.33. The summed E-state index contributed by atoms with van der Waals surface area (Å²) in [5.41, 5.74) is 0. The van der Waals surface area contributed by atoms with Crippen molar-refractivity contribution in [2.45, 2.75) is 19.4 Å². The Balaban J connectivity index is 2.42. The third-order valence-electron chi connectivity index (χ3n) is 2.01. The van der Waals surface area contributed by atoms with Crippen molar-refractivity contribution < 1.29 is 19.1 Å². The molecule has 0 spiro atoms. The maximum atomic E-state index is 11.0. The second-order valence-electron chi connectivity index (χ2n) is 2.94. The zero-order valence-electron chi connectivity index (χ0n) is 7.78. The zero-order chi connectivity index (χ0) is 9.84. The number of esters is 1. The molecule has 1 fully saturated rings. The highest BCUT2D eigenvalue weighted by atomic mass is 16.6. The highest BCUT2D eigenvalue weighted by molar-refractivity contribution is 5.73. The van der Waals surface area contributed by atoms with E-state index in [2.05, 4.69) is 4.74 Å². The Kier molecular flexibility index (Phi) is 3.11.